The summed E-state index contributed by atoms with van der Waals surface area (Å²) in [5.41, 5.74) is 1.97. The van der Waals surface area contributed by atoms with Crippen LogP contribution in [0.4, 0.5) is 16.5 Å². The minimum atomic E-state index is -3.37. The van der Waals surface area contributed by atoms with Crippen molar-refractivity contribution in [1.82, 2.24) is 4.98 Å². The summed E-state index contributed by atoms with van der Waals surface area (Å²) in [6, 6.07) is 14.8. The zero-order chi connectivity index (χ0) is 20.4. The van der Waals surface area contributed by atoms with Crippen LogP contribution < -0.4 is 14.9 Å². The minimum absolute atomic E-state index is 0.0627. The molecule has 2 N–H and O–H groups in total. The molecule has 0 bridgehead atoms. The van der Waals surface area contributed by atoms with Crippen LogP contribution >= 0.6 is 11.3 Å². The van der Waals surface area contributed by atoms with Crippen LogP contribution in [0.1, 0.15) is 12.8 Å². The molecule has 2 heterocycles. The van der Waals surface area contributed by atoms with Crippen LogP contribution in [0, 0.1) is 5.92 Å². The number of benzene rings is 2. The van der Waals surface area contributed by atoms with Crippen molar-refractivity contribution in [2.45, 2.75) is 12.8 Å². The first-order chi connectivity index (χ1) is 13.9. The molecule has 1 atom stereocenters. The average Bonchev–Trinajstić information content (AvgIpc) is 3.11. The van der Waals surface area contributed by atoms with Crippen molar-refractivity contribution in [2.75, 3.05) is 34.3 Å². The Labute approximate surface area is 173 Å². The number of hydrogen-bond donors (Lipinski definition) is 2. The number of amides is 1. The number of fused-ring (bicyclic) bond motifs is 1. The van der Waals surface area contributed by atoms with Gasteiger partial charge in [0, 0.05) is 18.8 Å². The summed E-state index contributed by atoms with van der Waals surface area (Å²) in [5, 5.41) is 3.87. The third-order valence-corrected chi connectivity index (χ3v) is 6.48. The minimum Gasteiger partial charge on any atom is -0.347 e. The third kappa shape index (κ3) is 4.86. The Kier molecular flexibility index (Phi) is 5.42. The molecule has 1 unspecified atom stereocenters. The van der Waals surface area contributed by atoms with Gasteiger partial charge in [0.05, 0.1) is 28.1 Å². The van der Waals surface area contributed by atoms with Crippen molar-refractivity contribution in [3.63, 3.8) is 0 Å². The zero-order valence-electron chi connectivity index (χ0n) is 16.0. The van der Waals surface area contributed by atoms with Crippen LogP contribution in [-0.4, -0.2) is 38.7 Å². The highest BCUT2D eigenvalue weighted by Crippen LogP contribution is 2.31. The van der Waals surface area contributed by atoms with Gasteiger partial charge in [-0.05, 0) is 43.2 Å². The highest BCUT2D eigenvalue weighted by atomic mass is 32.2. The number of thiazole rings is 1. The second kappa shape index (κ2) is 8.00. The van der Waals surface area contributed by atoms with Crippen LogP contribution in [0.3, 0.4) is 0 Å². The number of sulfonamides is 1. The predicted octanol–water partition coefficient (Wildman–Crippen LogP) is 3.52. The van der Waals surface area contributed by atoms with Gasteiger partial charge in [-0.3, -0.25) is 9.52 Å². The fourth-order valence-electron chi connectivity index (χ4n) is 3.48. The Hall–Kier alpha value is -2.65. The van der Waals surface area contributed by atoms with Gasteiger partial charge in [-0.15, -0.1) is 0 Å². The van der Waals surface area contributed by atoms with Crippen LogP contribution in [0.2, 0.25) is 0 Å². The molecule has 9 heteroatoms. The van der Waals surface area contributed by atoms with Crippen LogP contribution in [0.25, 0.3) is 10.2 Å². The lowest BCUT2D eigenvalue weighted by Gasteiger charge is -2.31. The molecule has 0 spiro atoms. The van der Waals surface area contributed by atoms with Gasteiger partial charge in [-0.1, -0.05) is 29.5 Å². The Balaban J connectivity index is 1.44. The van der Waals surface area contributed by atoms with Crippen molar-refractivity contribution in [1.29, 1.82) is 0 Å². The monoisotopic (exact) mass is 430 g/mol. The second-order valence-electron chi connectivity index (χ2n) is 7.19. The van der Waals surface area contributed by atoms with Gasteiger partial charge in [0.2, 0.25) is 15.9 Å². The van der Waals surface area contributed by atoms with E-state index >= 15 is 0 Å². The molecule has 3 aromatic rings. The van der Waals surface area contributed by atoms with Gasteiger partial charge in [0.25, 0.3) is 0 Å². The maximum absolute atomic E-state index is 12.8. The number of para-hydroxylation sites is 1. The van der Waals surface area contributed by atoms with E-state index in [1.807, 2.05) is 18.2 Å². The molecule has 2 aromatic carbocycles. The van der Waals surface area contributed by atoms with Crippen LogP contribution in [0.5, 0.6) is 0 Å². The topological polar surface area (TPSA) is 91.4 Å². The number of rotatable bonds is 5. The first-order valence-corrected chi connectivity index (χ1v) is 12.1. The van der Waals surface area contributed by atoms with Gasteiger partial charge >= 0.3 is 0 Å². The van der Waals surface area contributed by atoms with E-state index in [-0.39, 0.29) is 11.8 Å². The summed E-state index contributed by atoms with van der Waals surface area (Å²) in [7, 11) is -3.37. The van der Waals surface area contributed by atoms with Gasteiger partial charge < -0.3 is 10.2 Å². The molecule has 29 heavy (non-hydrogen) atoms. The van der Waals surface area contributed by atoms with E-state index < -0.39 is 10.0 Å². The molecular weight excluding hydrogens is 408 g/mol. The average molecular weight is 431 g/mol. The van der Waals surface area contributed by atoms with Gasteiger partial charge in [0.1, 0.15) is 0 Å². The molecule has 152 valence electrons. The Morgan fingerprint density at radius 2 is 1.97 bits per heavy atom. The molecule has 1 fully saturated rings. The van der Waals surface area contributed by atoms with E-state index in [1.54, 1.807) is 35.6 Å². The number of anilines is 3. The van der Waals surface area contributed by atoms with E-state index in [1.165, 1.54) is 0 Å². The molecular formula is C20H22N4O3S2. The molecule has 0 saturated carbocycles. The fourth-order valence-corrected chi connectivity index (χ4v) is 5.03. The molecule has 0 aliphatic carbocycles. The summed E-state index contributed by atoms with van der Waals surface area (Å²) in [6.45, 7) is 1.50. The molecule has 1 saturated heterocycles. The summed E-state index contributed by atoms with van der Waals surface area (Å²) in [6.07, 6.45) is 2.83. The Bertz CT molecular complexity index is 1110. The first kappa shape index (κ1) is 19.7. The number of carbonyl (C=O) groups is 1. The van der Waals surface area contributed by atoms with Crippen molar-refractivity contribution < 1.29 is 13.2 Å². The summed E-state index contributed by atoms with van der Waals surface area (Å²) in [4.78, 5) is 19.7. The number of aromatic nitrogens is 1. The Morgan fingerprint density at radius 3 is 2.76 bits per heavy atom. The highest BCUT2D eigenvalue weighted by Gasteiger charge is 2.27. The van der Waals surface area contributed by atoms with E-state index in [9.17, 15) is 13.2 Å². The number of piperidine rings is 1. The molecule has 1 aliphatic heterocycles. The molecule has 1 amide bonds. The van der Waals surface area contributed by atoms with Crippen LogP contribution in [-0.2, 0) is 14.8 Å². The van der Waals surface area contributed by atoms with Gasteiger partial charge in [-0.25, -0.2) is 13.4 Å². The molecule has 1 aliphatic rings. The maximum Gasteiger partial charge on any atom is 0.229 e. The van der Waals surface area contributed by atoms with Gasteiger partial charge in [-0.2, -0.15) is 0 Å². The summed E-state index contributed by atoms with van der Waals surface area (Å²) < 4.78 is 26.4. The smallest absolute Gasteiger partial charge is 0.229 e. The second-order valence-corrected chi connectivity index (χ2v) is 9.95. The van der Waals surface area contributed by atoms with E-state index in [2.05, 4.69) is 21.0 Å². The van der Waals surface area contributed by atoms with E-state index in [0.717, 1.165) is 41.0 Å². The number of nitrogens with one attached hydrogen (secondary N) is 2. The van der Waals surface area contributed by atoms with E-state index in [0.29, 0.717) is 17.9 Å². The number of carbonyl (C=O) groups excluding carboxylic acids is 1. The van der Waals surface area contributed by atoms with Gasteiger partial charge in [0.15, 0.2) is 5.13 Å². The normalized spacial score (nSPS) is 17.3. The molecule has 0 radical (unpaired) electrons. The third-order valence-electron chi connectivity index (χ3n) is 4.78. The number of hydrogen-bond acceptors (Lipinski definition) is 6. The maximum atomic E-state index is 12.8. The van der Waals surface area contributed by atoms with Crippen molar-refractivity contribution >= 4 is 54.0 Å². The van der Waals surface area contributed by atoms with Crippen LogP contribution in [0.15, 0.2) is 48.5 Å². The first-order valence-electron chi connectivity index (χ1n) is 9.37. The summed E-state index contributed by atoms with van der Waals surface area (Å²) in [5.74, 6) is -0.213. The molecule has 7 nitrogen and oxygen atoms in total. The van der Waals surface area contributed by atoms with Crippen molar-refractivity contribution in [3.8, 4) is 0 Å². The van der Waals surface area contributed by atoms with Crippen molar-refractivity contribution in [3.05, 3.63) is 48.5 Å². The molecule has 1 aromatic heterocycles. The SMILES string of the molecule is CS(=O)(=O)Nc1cccc(NC(=O)C2CCCN(c3nc4ccccc4s3)C2)c1. The lowest BCUT2D eigenvalue weighted by atomic mass is 9.97. The predicted molar refractivity (Wildman–Crippen MR) is 118 cm³/mol. The standard InChI is InChI=1S/C20H22N4O3S2/c1-29(26,27)23-16-8-4-7-15(12-16)21-19(25)14-6-5-11-24(13-14)20-22-17-9-2-3-10-18(17)28-20/h2-4,7-10,12,14,23H,5-6,11,13H2,1H3,(H,21,25). The number of nitrogens with zero attached hydrogens (tertiary/aromatic N) is 2. The summed E-state index contributed by atoms with van der Waals surface area (Å²) >= 11 is 1.65. The largest absolute Gasteiger partial charge is 0.347 e. The van der Waals surface area contributed by atoms with E-state index in [4.69, 9.17) is 4.98 Å². The quantitative estimate of drug-likeness (QED) is 0.646. The lowest BCUT2D eigenvalue weighted by molar-refractivity contribution is -0.120. The fraction of sp³-hybridized carbons (Fsp3) is 0.300. The zero-order valence-corrected chi connectivity index (χ0v) is 17.6. The Morgan fingerprint density at radius 1 is 1.17 bits per heavy atom. The van der Waals surface area contributed by atoms with Crippen molar-refractivity contribution in [2.24, 2.45) is 5.92 Å². The highest BCUT2D eigenvalue weighted by molar-refractivity contribution is 7.92. The lowest BCUT2D eigenvalue weighted by Crippen LogP contribution is -2.40. The molecule has 4 rings (SSSR count).